The summed E-state index contributed by atoms with van der Waals surface area (Å²) in [6.45, 7) is 0.417. The Labute approximate surface area is 149 Å². The summed E-state index contributed by atoms with van der Waals surface area (Å²) >= 11 is 0. The average Bonchev–Trinajstić information content (AvgIpc) is 2.61. The molecule has 0 radical (unpaired) electrons. The Balaban J connectivity index is 2.24. The normalized spacial score (nSPS) is 11.2. The molecule has 0 aromatic heterocycles. The highest BCUT2D eigenvalue weighted by molar-refractivity contribution is 7.89. The number of carbonyl (C=O) groups is 1. The van der Waals surface area contributed by atoms with Gasteiger partial charge in [-0.15, -0.1) is 6.58 Å². The summed E-state index contributed by atoms with van der Waals surface area (Å²) in [5.41, 5.74) is 0.0779. The Hall–Kier alpha value is -2.78. The maximum absolute atomic E-state index is 12.4. The number of rotatable bonds is 8. The van der Waals surface area contributed by atoms with Crippen LogP contribution in [-0.2, 0) is 10.0 Å². The van der Waals surface area contributed by atoms with Crippen molar-refractivity contribution in [3.8, 4) is 5.75 Å². The van der Waals surface area contributed by atoms with E-state index in [1.54, 1.807) is 0 Å². The van der Waals surface area contributed by atoms with E-state index in [4.69, 9.17) is 0 Å². The van der Waals surface area contributed by atoms with E-state index in [-0.39, 0.29) is 28.4 Å². The van der Waals surface area contributed by atoms with Crippen LogP contribution >= 0.6 is 0 Å². The third-order valence-corrected chi connectivity index (χ3v) is 4.60. The summed E-state index contributed by atoms with van der Waals surface area (Å²) in [5, 5.41) is 2.43. The van der Waals surface area contributed by atoms with Crippen molar-refractivity contribution in [1.29, 1.82) is 0 Å². The van der Waals surface area contributed by atoms with Crippen molar-refractivity contribution in [3.05, 3.63) is 66.7 Å². The largest absolute Gasteiger partial charge is 0.433 e. The number of benzene rings is 2. The fraction of sp³-hybridized carbons (Fsp3) is 0.118. The Morgan fingerprint density at radius 2 is 1.92 bits per heavy atom. The fourth-order valence-corrected chi connectivity index (χ4v) is 3.06. The lowest BCUT2D eigenvalue weighted by Crippen LogP contribution is -2.24. The molecule has 0 heterocycles. The van der Waals surface area contributed by atoms with Crippen LogP contribution < -0.4 is 14.8 Å². The molecule has 0 spiro atoms. The van der Waals surface area contributed by atoms with Crippen LogP contribution in [0.25, 0.3) is 0 Å². The molecule has 0 unspecified atom stereocenters. The van der Waals surface area contributed by atoms with Crippen LogP contribution in [-0.4, -0.2) is 27.5 Å². The number of alkyl halides is 2. The van der Waals surface area contributed by atoms with E-state index in [2.05, 4.69) is 21.4 Å². The van der Waals surface area contributed by atoms with Crippen LogP contribution in [0.3, 0.4) is 0 Å². The van der Waals surface area contributed by atoms with E-state index in [9.17, 15) is 22.0 Å². The third-order valence-electron chi connectivity index (χ3n) is 3.18. The van der Waals surface area contributed by atoms with Gasteiger partial charge in [0, 0.05) is 12.1 Å². The lowest BCUT2D eigenvalue weighted by molar-refractivity contribution is -0.0493. The number of ether oxygens (including phenoxy) is 1. The lowest BCUT2D eigenvalue weighted by atomic mass is 10.2. The Morgan fingerprint density at radius 3 is 2.62 bits per heavy atom. The number of halogens is 2. The molecule has 0 atom stereocenters. The third kappa shape index (κ3) is 5.11. The van der Waals surface area contributed by atoms with Crippen molar-refractivity contribution in [3.63, 3.8) is 0 Å². The molecule has 26 heavy (non-hydrogen) atoms. The topological polar surface area (TPSA) is 84.5 Å². The molecule has 2 aromatic rings. The predicted octanol–water partition coefficient (Wildman–Crippen LogP) is 3.00. The van der Waals surface area contributed by atoms with Gasteiger partial charge in [-0.05, 0) is 30.3 Å². The number of hydrogen-bond donors (Lipinski definition) is 2. The Bertz CT molecular complexity index is 901. The van der Waals surface area contributed by atoms with Crippen LogP contribution in [0.15, 0.2) is 66.1 Å². The van der Waals surface area contributed by atoms with Crippen LogP contribution in [0.5, 0.6) is 5.75 Å². The van der Waals surface area contributed by atoms with Crippen molar-refractivity contribution in [2.75, 3.05) is 11.9 Å². The van der Waals surface area contributed by atoms with E-state index >= 15 is 0 Å². The first-order valence-corrected chi connectivity index (χ1v) is 8.87. The number of sulfonamides is 1. The molecule has 0 aliphatic rings. The second kappa shape index (κ2) is 8.54. The second-order valence-corrected chi connectivity index (χ2v) is 6.76. The highest BCUT2D eigenvalue weighted by Gasteiger charge is 2.17. The van der Waals surface area contributed by atoms with Crippen molar-refractivity contribution >= 4 is 21.6 Å². The highest BCUT2D eigenvalue weighted by Crippen LogP contribution is 2.26. The van der Waals surface area contributed by atoms with Gasteiger partial charge in [0.15, 0.2) is 0 Å². The van der Waals surface area contributed by atoms with Gasteiger partial charge in [0.2, 0.25) is 10.0 Å². The maximum atomic E-state index is 12.4. The van der Waals surface area contributed by atoms with Crippen LogP contribution in [0.2, 0.25) is 0 Å². The Kier molecular flexibility index (Phi) is 6.42. The summed E-state index contributed by atoms with van der Waals surface area (Å²) in [6, 6.07) is 11.0. The number of hydrogen-bond acceptors (Lipinski definition) is 4. The molecule has 9 heteroatoms. The SMILES string of the molecule is C=CCNS(=O)(=O)c1cccc(C(=O)Nc2ccccc2OC(F)F)c1. The molecule has 1 amide bonds. The average molecular weight is 382 g/mol. The lowest BCUT2D eigenvalue weighted by Gasteiger charge is -2.12. The predicted molar refractivity (Wildman–Crippen MR) is 92.9 cm³/mol. The van der Waals surface area contributed by atoms with Crippen LogP contribution in [0, 0.1) is 0 Å². The summed E-state index contributed by atoms with van der Waals surface area (Å²) in [7, 11) is -3.80. The minimum Gasteiger partial charge on any atom is -0.433 e. The number of anilines is 1. The van der Waals surface area contributed by atoms with Crippen molar-refractivity contribution in [1.82, 2.24) is 4.72 Å². The summed E-state index contributed by atoms with van der Waals surface area (Å²) in [6.07, 6.45) is 1.38. The summed E-state index contributed by atoms with van der Waals surface area (Å²) in [5.74, 6) is -0.872. The van der Waals surface area contributed by atoms with Crippen molar-refractivity contribution < 1.29 is 26.7 Å². The van der Waals surface area contributed by atoms with Gasteiger partial charge in [-0.2, -0.15) is 8.78 Å². The fourth-order valence-electron chi connectivity index (χ4n) is 2.02. The van der Waals surface area contributed by atoms with Gasteiger partial charge in [0.05, 0.1) is 10.6 Å². The van der Waals surface area contributed by atoms with E-state index in [0.29, 0.717) is 0 Å². The molecule has 138 valence electrons. The molecule has 6 nitrogen and oxygen atoms in total. The highest BCUT2D eigenvalue weighted by atomic mass is 32.2. The first kappa shape index (κ1) is 19.5. The molecule has 0 saturated heterocycles. The second-order valence-electron chi connectivity index (χ2n) is 5.00. The zero-order valence-electron chi connectivity index (χ0n) is 13.5. The monoisotopic (exact) mass is 382 g/mol. The minimum atomic E-state index is -3.80. The quantitative estimate of drug-likeness (QED) is 0.688. The van der Waals surface area contributed by atoms with Gasteiger partial charge >= 0.3 is 6.61 Å². The van der Waals surface area contributed by atoms with Gasteiger partial charge in [0.1, 0.15) is 5.75 Å². The summed E-state index contributed by atoms with van der Waals surface area (Å²) < 4.78 is 55.7. The van der Waals surface area contributed by atoms with E-state index in [1.807, 2.05) is 0 Å². The van der Waals surface area contributed by atoms with E-state index < -0.39 is 22.5 Å². The van der Waals surface area contributed by atoms with Crippen LogP contribution in [0.4, 0.5) is 14.5 Å². The van der Waals surface area contributed by atoms with Crippen molar-refractivity contribution in [2.24, 2.45) is 0 Å². The van der Waals surface area contributed by atoms with E-state index in [0.717, 1.165) is 0 Å². The van der Waals surface area contributed by atoms with E-state index in [1.165, 1.54) is 54.6 Å². The molecule has 2 N–H and O–H groups in total. The van der Waals surface area contributed by atoms with Crippen molar-refractivity contribution in [2.45, 2.75) is 11.5 Å². The van der Waals surface area contributed by atoms with Gasteiger partial charge in [-0.3, -0.25) is 4.79 Å². The molecule has 0 bridgehead atoms. The standard InChI is InChI=1S/C17H16F2N2O4S/c1-2-10-20-26(23,24)13-7-5-6-12(11-13)16(22)21-14-8-3-4-9-15(14)25-17(18)19/h2-9,11,17,20H,1,10H2,(H,21,22). The number of nitrogens with one attached hydrogen (secondary N) is 2. The molecule has 0 saturated carbocycles. The maximum Gasteiger partial charge on any atom is 0.387 e. The molecule has 2 rings (SSSR count). The molecule has 0 fully saturated rings. The zero-order valence-corrected chi connectivity index (χ0v) is 14.3. The molecular weight excluding hydrogens is 366 g/mol. The summed E-state index contributed by atoms with van der Waals surface area (Å²) in [4.78, 5) is 12.3. The first-order chi connectivity index (χ1) is 12.3. The number of carbonyl (C=O) groups excluding carboxylic acids is 1. The molecule has 0 aliphatic heterocycles. The van der Waals surface area contributed by atoms with Gasteiger partial charge in [0.25, 0.3) is 5.91 Å². The molecule has 2 aromatic carbocycles. The van der Waals surface area contributed by atoms with Gasteiger partial charge in [-0.1, -0.05) is 24.3 Å². The smallest absolute Gasteiger partial charge is 0.387 e. The zero-order chi connectivity index (χ0) is 19.2. The first-order valence-electron chi connectivity index (χ1n) is 7.39. The molecule has 0 aliphatic carbocycles. The van der Waals surface area contributed by atoms with Gasteiger partial charge in [-0.25, -0.2) is 13.1 Å². The molecular formula is C17H16F2N2O4S. The van der Waals surface area contributed by atoms with Crippen LogP contribution in [0.1, 0.15) is 10.4 Å². The minimum absolute atomic E-state index is 0.0378. The Morgan fingerprint density at radius 1 is 1.19 bits per heavy atom. The van der Waals surface area contributed by atoms with Gasteiger partial charge < -0.3 is 10.1 Å². The number of para-hydroxylation sites is 2. The number of amides is 1.